The van der Waals surface area contributed by atoms with Gasteiger partial charge in [-0.1, -0.05) is 13.0 Å². The van der Waals surface area contributed by atoms with Crippen LogP contribution in [0.2, 0.25) is 0 Å². The summed E-state index contributed by atoms with van der Waals surface area (Å²) in [6.45, 7) is 2.06. The van der Waals surface area contributed by atoms with Crippen molar-refractivity contribution in [2.75, 3.05) is 19.1 Å². The van der Waals surface area contributed by atoms with Crippen LogP contribution in [0.25, 0.3) is 10.2 Å². The lowest BCUT2D eigenvalue weighted by Crippen LogP contribution is -2.26. The number of aryl methyl sites for hydroxylation is 1. The maximum Gasteiger partial charge on any atom is 0.355 e. The summed E-state index contributed by atoms with van der Waals surface area (Å²) in [4.78, 5) is 30.8. The second-order valence-electron chi connectivity index (χ2n) is 5.43. The third-order valence-corrected chi connectivity index (χ3v) is 5.05. The second-order valence-corrected chi connectivity index (χ2v) is 6.54. The number of aromatic nitrogens is 1. The van der Waals surface area contributed by atoms with Crippen molar-refractivity contribution >= 4 is 39.2 Å². The Morgan fingerprint density at radius 3 is 2.62 bits per heavy atom. The van der Waals surface area contributed by atoms with E-state index in [1.165, 1.54) is 20.3 Å². The molecule has 0 saturated carbocycles. The van der Waals surface area contributed by atoms with Crippen LogP contribution in [0, 0.1) is 0 Å². The summed E-state index contributed by atoms with van der Waals surface area (Å²) in [6, 6.07) is 5.70. The highest BCUT2D eigenvalue weighted by Crippen LogP contribution is 2.31. The molecule has 7 heteroatoms. The van der Waals surface area contributed by atoms with Gasteiger partial charge in [0.05, 0.1) is 35.0 Å². The maximum atomic E-state index is 12.4. The topological polar surface area (TPSA) is 68.7 Å². The predicted octanol–water partition coefficient (Wildman–Crippen LogP) is 3.35. The van der Waals surface area contributed by atoms with Crippen LogP contribution >= 0.6 is 11.3 Å². The molecule has 1 aromatic heterocycles. The average Bonchev–Trinajstić information content (AvgIpc) is 2.96. The fourth-order valence-electron chi connectivity index (χ4n) is 2.63. The highest BCUT2D eigenvalue weighted by molar-refractivity contribution is 7.18. The van der Waals surface area contributed by atoms with Crippen molar-refractivity contribution in [3.8, 4) is 0 Å². The normalized spacial score (nSPS) is 13.9. The van der Waals surface area contributed by atoms with Gasteiger partial charge in [-0.15, -0.1) is 11.3 Å². The molecule has 1 aliphatic heterocycles. The van der Waals surface area contributed by atoms with E-state index in [1.807, 2.05) is 18.2 Å². The van der Waals surface area contributed by atoms with Crippen LogP contribution in [0.5, 0.6) is 0 Å². The highest BCUT2D eigenvalue weighted by atomic mass is 32.1. The van der Waals surface area contributed by atoms with Gasteiger partial charge in [-0.25, -0.2) is 14.6 Å². The third kappa shape index (κ3) is 3.25. The number of benzene rings is 1. The monoisotopic (exact) mass is 370 g/mol. The molecule has 6 nitrogen and oxygen atoms in total. The zero-order valence-electron chi connectivity index (χ0n) is 14.7. The molecule has 0 unspecified atom stereocenters. The third-order valence-electron chi connectivity index (χ3n) is 3.89. The van der Waals surface area contributed by atoms with E-state index < -0.39 is 11.9 Å². The zero-order valence-corrected chi connectivity index (χ0v) is 15.5. The molecule has 2 heterocycles. The van der Waals surface area contributed by atoms with Gasteiger partial charge in [0.1, 0.15) is 5.70 Å². The molecular formula is C19H18N2O4S. The van der Waals surface area contributed by atoms with Gasteiger partial charge in [0.25, 0.3) is 0 Å². The SMILES string of the molecule is CCc1nc2ccc(N3C=CC=CC(C(=O)OC)=C3C(=O)OC)cc2s1. The molecule has 0 fully saturated rings. The number of ether oxygens (including phenoxy) is 2. The van der Waals surface area contributed by atoms with Gasteiger partial charge in [0, 0.05) is 11.9 Å². The maximum absolute atomic E-state index is 12.4. The predicted molar refractivity (Wildman–Crippen MR) is 101 cm³/mol. The molecule has 0 N–H and O–H groups in total. The summed E-state index contributed by atoms with van der Waals surface area (Å²) in [5, 5.41) is 1.05. The number of hydrogen-bond donors (Lipinski definition) is 0. The first-order valence-corrected chi connectivity index (χ1v) is 8.85. The number of thiazole rings is 1. The van der Waals surface area contributed by atoms with Crippen LogP contribution < -0.4 is 4.90 Å². The lowest BCUT2D eigenvalue weighted by atomic mass is 10.1. The van der Waals surface area contributed by atoms with Crippen LogP contribution in [-0.2, 0) is 25.5 Å². The first kappa shape index (κ1) is 17.9. The number of fused-ring (bicyclic) bond motifs is 1. The fourth-order valence-corrected chi connectivity index (χ4v) is 3.57. The zero-order chi connectivity index (χ0) is 18.7. The quantitative estimate of drug-likeness (QED) is 0.769. The van der Waals surface area contributed by atoms with E-state index in [2.05, 4.69) is 11.9 Å². The van der Waals surface area contributed by atoms with E-state index in [4.69, 9.17) is 9.47 Å². The van der Waals surface area contributed by atoms with Gasteiger partial charge in [-0.2, -0.15) is 0 Å². The second kappa shape index (κ2) is 7.53. The smallest absolute Gasteiger partial charge is 0.355 e. The minimum absolute atomic E-state index is 0.101. The number of rotatable bonds is 4. The van der Waals surface area contributed by atoms with E-state index in [9.17, 15) is 9.59 Å². The number of esters is 2. The average molecular weight is 370 g/mol. The summed E-state index contributed by atoms with van der Waals surface area (Å²) >= 11 is 1.61. The molecule has 1 aliphatic rings. The summed E-state index contributed by atoms with van der Waals surface area (Å²) in [5.41, 5.74) is 1.86. The Hall–Kier alpha value is -2.93. The molecule has 0 radical (unpaired) electrons. The van der Waals surface area contributed by atoms with Crippen LogP contribution in [0.15, 0.2) is 53.9 Å². The van der Waals surface area contributed by atoms with Crippen molar-refractivity contribution in [2.45, 2.75) is 13.3 Å². The molecule has 0 aliphatic carbocycles. The minimum atomic E-state index is -0.625. The molecule has 134 valence electrons. The molecule has 1 aromatic carbocycles. The first-order valence-electron chi connectivity index (χ1n) is 8.03. The summed E-state index contributed by atoms with van der Waals surface area (Å²) < 4.78 is 10.7. The molecule has 0 saturated heterocycles. The Kier molecular flexibility index (Phi) is 5.18. The molecule has 0 amide bonds. The molecule has 3 rings (SSSR count). The Labute approximate surface area is 155 Å². The minimum Gasteiger partial charge on any atom is -0.465 e. The molecule has 0 spiro atoms. The number of carbonyl (C=O) groups is 2. The van der Waals surface area contributed by atoms with Gasteiger partial charge in [0.2, 0.25) is 0 Å². The van der Waals surface area contributed by atoms with E-state index in [-0.39, 0.29) is 11.3 Å². The standard InChI is InChI=1S/C19H18N2O4S/c1-4-16-20-14-9-8-12(11-15(14)26-16)21-10-6-5-7-13(18(22)24-2)17(21)19(23)25-3/h5-11H,4H2,1-3H3. The van der Waals surface area contributed by atoms with Crippen LogP contribution in [0.1, 0.15) is 11.9 Å². The van der Waals surface area contributed by atoms with Gasteiger partial charge in [-0.05, 0) is 36.8 Å². The number of methoxy groups -OCH3 is 2. The van der Waals surface area contributed by atoms with Crippen molar-refractivity contribution in [2.24, 2.45) is 0 Å². The summed E-state index contributed by atoms with van der Waals surface area (Å²) in [7, 11) is 2.55. The first-order chi connectivity index (χ1) is 12.6. The molecule has 2 aromatic rings. The molecule has 0 bridgehead atoms. The lowest BCUT2D eigenvalue weighted by molar-refractivity contribution is -0.139. The van der Waals surface area contributed by atoms with Crippen LogP contribution in [0.3, 0.4) is 0 Å². The molecule has 26 heavy (non-hydrogen) atoms. The number of carbonyl (C=O) groups excluding carboxylic acids is 2. The Morgan fingerprint density at radius 1 is 1.15 bits per heavy atom. The molecule has 0 atom stereocenters. The molecular weight excluding hydrogens is 352 g/mol. The van der Waals surface area contributed by atoms with Gasteiger partial charge < -0.3 is 14.4 Å². The summed E-state index contributed by atoms with van der Waals surface area (Å²) in [6.07, 6.45) is 7.53. The van der Waals surface area contributed by atoms with Crippen molar-refractivity contribution in [1.82, 2.24) is 4.98 Å². The van der Waals surface area contributed by atoms with Crippen LogP contribution in [-0.4, -0.2) is 31.1 Å². The van der Waals surface area contributed by atoms with E-state index in [0.29, 0.717) is 0 Å². The Morgan fingerprint density at radius 2 is 1.92 bits per heavy atom. The van der Waals surface area contributed by atoms with Crippen molar-refractivity contribution < 1.29 is 19.1 Å². The van der Waals surface area contributed by atoms with E-state index in [1.54, 1.807) is 34.6 Å². The van der Waals surface area contributed by atoms with Gasteiger partial charge in [-0.3, -0.25) is 0 Å². The number of nitrogens with zero attached hydrogens (tertiary/aromatic N) is 2. The van der Waals surface area contributed by atoms with E-state index in [0.717, 1.165) is 27.3 Å². The Balaban J connectivity index is 2.16. The van der Waals surface area contributed by atoms with Crippen LogP contribution in [0.4, 0.5) is 5.69 Å². The Bertz CT molecular complexity index is 956. The number of anilines is 1. The highest BCUT2D eigenvalue weighted by Gasteiger charge is 2.27. The fraction of sp³-hybridized carbons (Fsp3) is 0.211. The van der Waals surface area contributed by atoms with Crippen molar-refractivity contribution in [1.29, 1.82) is 0 Å². The lowest BCUT2D eigenvalue weighted by Gasteiger charge is -2.23. The number of allylic oxidation sites excluding steroid dienone is 2. The van der Waals surface area contributed by atoms with Gasteiger partial charge in [0.15, 0.2) is 0 Å². The van der Waals surface area contributed by atoms with Crippen molar-refractivity contribution in [3.05, 3.63) is 58.9 Å². The van der Waals surface area contributed by atoms with Crippen molar-refractivity contribution in [3.63, 3.8) is 0 Å². The summed E-state index contributed by atoms with van der Waals surface area (Å²) in [5.74, 6) is -1.23. The van der Waals surface area contributed by atoms with E-state index >= 15 is 0 Å². The van der Waals surface area contributed by atoms with Gasteiger partial charge >= 0.3 is 11.9 Å². The number of hydrogen-bond acceptors (Lipinski definition) is 7. The largest absolute Gasteiger partial charge is 0.465 e.